The zero-order valence-electron chi connectivity index (χ0n) is 11.4. The Morgan fingerprint density at radius 1 is 1.14 bits per heavy atom. The molecule has 0 aliphatic rings. The van der Waals surface area contributed by atoms with Gasteiger partial charge in [0.25, 0.3) is 0 Å². The fraction of sp³-hybridized carbons (Fsp3) is 0.125. The van der Waals surface area contributed by atoms with Crippen LogP contribution in [-0.2, 0) is 6.54 Å². The van der Waals surface area contributed by atoms with Crippen molar-refractivity contribution in [2.45, 2.75) is 6.54 Å². The number of halogens is 2. The van der Waals surface area contributed by atoms with Crippen LogP contribution in [0.3, 0.4) is 0 Å². The first kappa shape index (κ1) is 14.5. The molecule has 0 aliphatic heterocycles. The molecule has 1 heterocycles. The van der Waals surface area contributed by atoms with Crippen molar-refractivity contribution in [3.63, 3.8) is 0 Å². The molecule has 0 saturated carbocycles. The third kappa shape index (κ3) is 2.94. The first-order chi connectivity index (χ1) is 10.2. The molecular formula is C16H14Br2N2O. The first-order valence-electron chi connectivity index (χ1n) is 6.51. The maximum Gasteiger partial charge on any atom is 0.135 e. The number of benzene rings is 2. The number of methoxy groups -OCH3 is 1. The summed E-state index contributed by atoms with van der Waals surface area (Å²) in [7, 11) is 1.66. The lowest BCUT2D eigenvalue weighted by atomic mass is 10.2. The lowest BCUT2D eigenvalue weighted by molar-refractivity contribution is 0.412. The molecule has 3 nitrogen and oxygen atoms in total. The van der Waals surface area contributed by atoms with E-state index in [1.54, 1.807) is 7.11 Å². The standard InChI is InChI=1S/C16H14Br2N2O/c1-21-16-7-15(12(17)6-13(16)18)20-9-10-8-19-14-5-3-2-4-11(10)14/h2-8,19-20H,9H2,1H3. The number of hydrogen-bond donors (Lipinski definition) is 2. The van der Waals surface area contributed by atoms with Gasteiger partial charge in [0.15, 0.2) is 0 Å². The fourth-order valence-electron chi connectivity index (χ4n) is 2.29. The Balaban J connectivity index is 1.85. The molecule has 0 radical (unpaired) electrons. The van der Waals surface area contributed by atoms with Gasteiger partial charge in [-0.3, -0.25) is 0 Å². The van der Waals surface area contributed by atoms with E-state index < -0.39 is 0 Å². The molecule has 108 valence electrons. The summed E-state index contributed by atoms with van der Waals surface area (Å²) in [5.74, 6) is 0.805. The molecule has 0 unspecified atom stereocenters. The summed E-state index contributed by atoms with van der Waals surface area (Å²) in [5.41, 5.74) is 3.39. The van der Waals surface area contributed by atoms with Crippen molar-refractivity contribution in [3.8, 4) is 5.75 Å². The van der Waals surface area contributed by atoms with E-state index in [4.69, 9.17) is 4.74 Å². The minimum absolute atomic E-state index is 0.743. The van der Waals surface area contributed by atoms with E-state index in [1.807, 2.05) is 24.4 Å². The van der Waals surface area contributed by atoms with E-state index >= 15 is 0 Å². The van der Waals surface area contributed by atoms with Crippen molar-refractivity contribution in [3.05, 3.63) is 57.1 Å². The van der Waals surface area contributed by atoms with E-state index in [0.29, 0.717) is 0 Å². The van der Waals surface area contributed by atoms with Crippen LogP contribution in [0, 0.1) is 0 Å². The minimum Gasteiger partial charge on any atom is -0.495 e. The molecule has 0 saturated heterocycles. The lowest BCUT2D eigenvalue weighted by Gasteiger charge is -2.11. The van der Waals surface area contributed by atoms with Gasteiger partial charge >= 0.3 is 0 Å². The zero-order valence-corrected chi connectivity index (χ0v) is 14.6. The van der Waals surface area contributed by atoms with Crippen molar-refractivity contribution in [2.24, 2.45) is 0 Å². The number of hydrogen-bond acceptors (Lipinski definition) is 2. The summed E-state index contributed by atoms with van der Waals surface area (Å²) in [6.07, 6.45) is 2.04. The summed E-state index contributed by atoms with van der Waals surface area (Å²) >= 11 is 7.04. The Bertz CT molecular complexity index is 783. The fourth-order valence-corrected chi connectivity index (χ4v) is 3.59. The number of para-hydroxylation sites is 1. The highest BCUT2D eigenvalue weighted by Crippen LogP contribution is 2.35. The summed E-state index contributed by atoms with van der Waals surface area (Å²) in [4.78, 5) is 3.29. The van der Waals surface area contributed by atoms with Gasteiger partial charge in [-0.2, -0.15) is 0 Å². The number of aromatic nitrogens is 1. The minimum atomic E-state index is 0.743. The van der Waals surface area contributed by atoms with Crippen molar-refractivity contribution in [1.82, 2.24) is 4.98 Å². The van der Waals surface area contributed by atoms with Crippen LogP contribution in [0.25, 0.3) is 10.9 Å². The molecule has 1 aromatic heterocycles. The lowest BCUT2D eigenvalue weighted by Crippen LogP contribution is -2.00. The Morgan fingerprint density at radius 2 is 1.95 bits per heavy atom. The summed E-state index contributed by atoms with van der Waals surface area (Å²) in [5, 5.41) is 4.68. The number of rotatable bonds is 4. The van der Waals surface area contributed by atoms with Crippen LogP contribution in [0.4, 0.5) is 5.69 Å². The predicted octanol–water partition coefficient (Wildman–Crippen LogP) is 5.31. The quantitative estimate of drug-likeness (QED) is 0.612. The van der Waals surface area contributed by atoms with Crippen molar-refractivity contribution >= 4 is 48.5 Å². The van der Waals surface area contributed by atoms with Crippen LogP contribution >= 0.6 is 31.9 Å². The molecule has 3 rings (SSSR count). The SMILES string of the molecule is COc1cc(NCc2c[nH]c3ccccc23)c(Br)cc1Br. The van der Waals surface area contributed by atoms with Crippen LogP contribution in [0.15, 0.2) is 51.5 Å². The average molecular weight is 410 g/mol. The normalized spacial score (nSPS) is 10.8. The third-order valence-corrected chi connectivity index (χ3v) is 4.66. The molecule has 0 aliphatic carbocycles. The number of anilines is 1. The average Bonchev–Trinajstić information content (AvgIpc) is 2.90. The Kier molecular flexibility index (Phi) is 4.22. The molecule has 2 aromatic carbocycles. The third-order valence-electron chi connectivity index (χ3n) is 3.39. The number of aromatic amines is 1. The van der Waals surface area contributed by atoms with Crippen LogP contribution in [0.2, 0.25) is 0 Å². The van der Waals surface area contributed by atoms with Gasteiger partial charge in [-0.05, 0) is 49.6 Å². The van der Waals surface area contributed by atoms with E-state index in [1.165, 1.54) is 10.9 Å². The van der Waals surface area contributed by atoms with Gasteiger partial charge in [-0.15, -0.1) is 0 Å². The number of fused-ring (bicyclic) bond motifs is 1. The molecule has 0 fully saturated rings. The van der Waals surface area contributed by atoms with E-state index in [9.17, 15) is 0 Å². The van der Waals surface area contributed by atoms with E-state index in [-0.39, 0.29) is 0 Å². The second kappa shape index (κ2) is 6.12. The van der Waals surface area contributed by atoms with Crippen LogP contribution in [-0.4, -0.2) is 12.1 Å². The predicted molar refractivity (Wildman–Crippen MR) is 94.0 cm³/mol. The second-order valence-electron chi connectivity index (χ2n) is 4.68. The molecule has 0 amide bonds. The van der Waals surface area contributed by atoms with Gasteiger partial charge in [0.1, 0.15) is 5.75 Å². The molecule has 2 N–H and O–H groups in total. The Labute approximate surface area is 140 Å². The van der Waals surface area contributed by atoms with Crippen LogP contribution < -0.4 is 10.1 Å². The maximum atomic E-state index is 5.33. The zero-order chi connectivity index (χ0) is 14.8. The van der Waals surface area contributed by atoms with Gasteiger partial charge in [0.05, 0.1) is 17.3 Å². The highest BCUT2D eigenvalue weighted by Gasteiger charge is 2.08. The summed E-state index contributed by atoms with van der Waals surface area (Å²) in [6.45, 7) is 0.743. The van der Waals surface area contributed by atoms with Gasteiger partial charge in [0, 0.05) is 34.2 Å². The highest BCUT2D eigenvalue weighted by atomic mass is 79.9. The monoisotopic (exact) mass is 408 g/mol. The molecule has 5 heteroatoms. The largest absolute Gasteiger partial charge is 0.495 e. The molecule has 3 aromatic rings. The van der Waals surface area contributed by atoms with Gasteiger partial charge in [0.2, 0.25) is 0 Å². The second-order valence-corrected chi connectivity index (χ2v) is 6.39. The summed E-state index contributed by atoms with van der Waals surface area (Å²) in [6, 6.07) is 12.3. The summed E-state index contributed by atoms with van der Waals surface area (Å²) < 4.78 is 7.25. The first-order valence-corrected chi connectivity index (χ1v) is 8.09. The Hall–Kier alpha value is -1.46. The van der Waals surface area contributed by atoms with Crippen molar-refractivity contribution in [1.29, 1.82) is 0 Å². The number of ether oxygens (including phenoxy) is 1. The number of nitrogens with one attached hydrogen (secondary N) is 2. The molecule has 21 heavy (non-hydrogen) atoms. The number of H-pyrrole nitrogens is 1. The molecule has 0 spiro atoms. The molecular weight excluding hydrogens is 396 g/mol. The van der Waals surface area contributed by atoms with Crippen LogP contribution in [0.5, 0.6) is 5.75 Å². The van der Waals surface area contributed by atoms with Crippen molar-refractivity contribution < 1.29 is 4.74 Å². The Morgan fingerprint density at radius 3 is 2.76 bits per heavy atom. The van der Waals surface area contributed by atoms with Crippen molar-refractivity contribution in [2.75, 3.05) is 12.4 Å². The highest BCUT2D eigenvalue weighted by molar-refractivity contribution is 9.11. The smallest absolute Gasteiger partial charge is 0.135 e. The van der Waals surface area contributed by atoms with Gasteiger partial charge in [-0.25, -0.2) is 0 Å². The van der Waals surface area contributed by atoms with Crippen LogP contribution in [0.1, 0.15) is 5.56 Å². The van der Waals surface area contributed by atoms with Gasteiger partial charge < -0.3 is 15.0 Å². The molecule has 0 bridgehead atoms. The van der Waals surface area contributed by atoms with E-state index in [2.05, 4.69) is 60.4 Å². The van der Waals surface area contributed by atoms with Gasteiger partial charge in [-0.1, -0.05) is 18.2 Å². The molecule has 0 atom stereocenters. The van der Waals surface area contributed by atoms with E-state index in [0.717, 1.165) is 32.4 Å². The maximum absolute atomic E-state index is 5.33. The topological polar surface area (TPSA) is 37.0 Å².